The van der Waals surface area contributed by atoms with E-state index < -0.39 is 0 Å². The average Bonchev–Trinajstić information content (AvgIpc) is 3.33. The van der Waals surface area contributed by atoms with Gasteiger partial charge in [-0.1, -0.05) is 12.1 Å². The molecule has 1 aromatic carbocycles. The first-order chi connectivity index (χ1) is 14.8. The summed E-state index contributed by atoms with van der Waals surface area (Å²) in [6.45, 7) is 3.81. The molecule has 1 aliphatic rings. The Balaban J connectivity index is 1.67. The Labute approximate surface area is 185 Å². The smallest absolute Gasteiger partial charge is 0.224 e. The Morgan fingerprint density at radius 2 is 2.00 bits per heavy atom. The second-order valence-electron chi connectivity index (χ2n) is 7.64. The zero-order valence-electron chi connectivity index (χ0n) is 17.8. The minimum Gasteiger partial charge on any atom is -0.370 e. The number of nitrogens with zero attached hydrogens (tertiary/aromatic N) is 2. The van der Waals surface area contributed by atoms with Gasteiger partial charge in [-0.15, -0.1) is 11.3 Å². The number of nitrogens with two attached hydrogens (primary N) is 1. The third kappa shape index (κ3) is 6.50. The van der Waals surface area contributed by atoms with Crippen molar-refractivity contribution in [2.45, 2.75) is 32.7 Å². The highest BCUT2D eigenvalue weighted by Gasteiger charge is 2.28. The monoisotopic (exact) mass is 443 g/mol. The van der Waals surface area contributed by atoms with Crippen LogP contribution in [0.2, 0.25) is 0 Å². The first kappa shape index (κ1) is 22.7. The number of amides is 2. The molecular formula is C21H29N7O2S. The number of aromatic nitrogens is 1. The van der Waals surface area contributed by atoms with Crippen LogP contribution in [0.25, 0.3) is 0 Å². The van der Waals surface area contributed by atoms with Crippen LogP contribution in [-0.4, -0.2) is 47.8 Å². The van der Waals surface area contributed by atoms with E-state index in [1.54, 1.807) is 7.05 Å². The summed E-state index contributed by atoms with van der Waals surface area (Å²) in [4.78, 5) is 31.5. The van der Waals surface area contributed by atoms with Crippen molar-refractivity contribution in [2.24, 2.45) is 11.7 Å². The van der Waals surface area contributed by atoms with Crippen LogP contribution in [-0.2, 0) is 29.0 Å². The second-order valence-corrected chi connectivity index (χ2v) is 8.72. The minimum absolute atomic E-state index is 0.0262. The summed E-state index contributed by atoms with van der Waals surface area (Å²) in [7, 11) is 1.68. The van der Waals surface area contributed by atoms with E-state index in [1.165, 1.54) is 18.3 Å². The molecule has 1 fully saturated rings. The molecule has 9 nitrogen and oxygen atoms in total. The molecule has 1 atom stereocenters. The van der Waals surface area contributed by atoms with Crippen molar-refractivity contribution in [3.8, 4) is 0 Å². The molecule has 2 aromatic rings. The maximum Gasteiger partial charge on any atom is 0.224 e. The van der Waals surface area contributed by atoms with Gasteiger partial charge in [0.2, 0.25) is 11.8 Å². The molecule has 0 radical (unpaired) electrons. The normalized spacial score (nSPS) is 16.1. The Hall–Kier alpha value is -2.98. The van der Waals surface area contributed by atoms with Gasteiger partial charge in [0.25, 0.3) is 0 Å². The van der Waals surface area contributed by atoms with Crippen LogP contribution in [0.5, 0.6) is 0 Å². The highest BCUT2D eigenvalue weighted by Crippen LogP contribution is 2.28. The number of hydrogen-bond acceptors (Lipinski definition) is 6. The number of anilines is 2. The Kier molecular flexibility index (Phi) is 7.59. The third-order valence-corrected chi connectivity index (χ3v) is 6.20. The number of rotatable bonds is 8. The lowest BCUT2D eigenvalue weighted by atomic mass is 10.1. The molecule has 3 rings (SSSR count). The molecule has 1 aromatic heterocycles. The molecule has 10 heteroatoms. The molecule has 2 amide bonds. The van der Waals surface area contributed by atoms with Crippen LogP contribution >= 0.6 is 11.3 Å². The quantitative estimate of drug-likeness (QED) is 0.312. The average molecular weight is 444 g/mol. The molecule has 2 heterocycles. The van der Waals surface area contributed by atoms with E-state index in [4.69, 9.17) is 11.1 Å². The molecule has 0 bridgehead atoms. The summed E-state index contributed by atoms with van der Waals surface area (Å²) >= 11 is 1.50. The van der Waals surface area contributed by atoms with Gasteiger partial charge in [-0.2, -0.15) is 0 Å². The number of thiazole rings is 1. The van der Waals surface area contributed by atoms with Crippen molar-refractivity contribution < 1.29 is 9.59 Å². The van der Waals surface area contributed by atoms with E-state index in [2.05, 4.69) is 25.8 Å². The van der Waals surface area contributed by atoms with E-state index in [0.29, 0.717) is 5.13 Å². The molecule has 1 aliphatic heterocycles. The lowest BCUT2D eigenvalue weighted by Crippen LogP contribution is -2.30. The standard InChI is InChI=1S/C21H29N7O2S/c1-13(29)25-21-27-17(8-5-14-3-6-16(7-4-14)26-20(22)23)18(31-21)12-28-10-9-15(11-28)19(30)24-2/h3-4,6-7,15H,5,8-12H2,1-2H3,(H,24,30)(H4,22,23,26)(H,25,27,29)/t15-/m0/s1. The summed E-state index contributed by atoms with van der Waals surface area (Å²) in [5, 5.41) is 16.2. The second kappa shape index (κ2) is 10.4. The largest absolute Gasteiger partial charge is 0.370 e. The van der Waals surface area contributed by atoms with Crippen LogP contribution in [0.4, 0.5) is 10.8 Å². The van der Waals surface area contributed by atoms with Crippen LogP contribution in [0, 0.1) is 11.3 Å². The van der Waals surface area contributed by atoms with Gasteiger partial charge in [0, 0.05) is 37.6 Å². The summed E-state index contributed by atoms with van der Waals surface area (Å²) in [5.41, 5.74) is 8.26. The molecule has 0 saturated carbocycles. The first-order valence-corrected chi connectivity index (χ1v) is 11.1. The van der Waals surface area contributed by atoms with Crippen molar-refractivity contribution in [1.29, 1.82) is 5.41 Å². The van der Waals surface area contributed by atoms with Gasteiger partial charge in [-0.05, 0) is 43.5 Å². The fraction of sp³-hybridized carbons (Fsp3) is 0.429. The topological polar surface area (TPSA) is 136 Å². The maximum atomic E-state index is 11.9. The van der Waals surface area contributed by atoms with E-state index in [1.807, 2.05) is 24.3 Å². The number of nitrogens with one attached hydrogen (secondary N) is 4. The fourth-order valence-electron chi connectivity index (χ4n) is 3.68. The summed E-state index contributed by atoms with van der Waals surface area (Å²) in [6.07, 6.45) is 2.40. The van der Waals surface area contributed by atoms with Gasteiger partial charge >= 0.3 is 0 Å². The highest BCUT2D eigenvalue weighted by atomic mass is 32.1. The van der Waals surface area contributed by atoms with Crippen LogP contribution in [0.1, 0.15) is 29.5 Å². The molecule has 166 valence electrons. The van der Waals surface area contributed by atoms with E-state index >= 15 is 0 Å². The van der Waals surface area contributed by atoms with Gasteiger partial charge in [-0.3, -0.25) is 19.9 Å². The minimum atomic E-state index is -0.138. The number of aryl methyl sites for hydroxylation is 2. The van der Waals surface area contributed by atoms with Crippen molar-refractivity contribution >= 4 is 39.9 Å². The van der Waals surface area contributed by atoms with Crippen LogP contribution in [0.15, 0.2) is 24.3 Å². The van der Waals surface area contributed by atoms with Crippen molar-refractivity contribution in [1.82, 2.24) is 15.2 Å². The SMILES string of the molecule is CNC(=O)[C@H]1CCN(Cc2sc(NC(C)=O)nc2CCc2ccc(NC(=N)N)cc2)C1. The van der Waals surface area contributed by atoms with Crippen LogP contribution < -0.4 is 21.7 Å². The number of carbonyl (C=O) groups excluding carboxylic acids is 2. The number of carbonyl (C=O) groups is 2. The number of likely N-dealkylation sites (tertiary alicyclic amines) is 1. The van der Waals surface area contributed by atoms with Crippen molar-refractivity contribution in [3.63, 3.8) is 0 Å². The number of guanidine groups is 1. The Morgan fingerprint density at radius 3 is 2.65 bits per heavy atom. The predicted molar refractivity (Wildman–Crippen MR) is 123 cm³/mol. The first-order valence-electron chi connectivity index (χ1n) is 10.2. The van der Waals surface area contributed by atoms with Gasteiger partial charge in [0.15, 0.2) is 11.1 Å². The van der Waals surface area contributed by atoms with Gasteiger partial charge < -0.3 is 21.7 Å². The predicted octanol–water partition coefficient (Wildman–Crippen LogP) is 1.76. The van der Waals surface area contributed by atoms with E-state index in [0.717, 1.165) is 60.7 Å². The number of benzene rings is 1. The molecule has 0 unspecified atom stereocenters. The maximum absolute atomic E-state index is 11.9. The molecule has 31 heavy (non-hydrogen) atoms. The highest BCUT2D eigenvalue weighted by molar-refractivity contribution is 7.15. The molecule has 0 aliphatic carbocycles. The van der Waals surface area contributed by atoms with Crippen molar-refractivity contribution in [3.05, 3.63) is 40.4 Å². The Morgan fingerprint density at radius 1 is 1.26 bits per heavy atom. The third-order valence-electron chi connectivity index (χ3n) is 5.20. The lowest BCUT2D eigenvalue weighted by molar-refractivity contribution is -0.124. The molecule has 0 spiro atoms. The van der Waals surface area contributed by atoms with Gasteiger partial charge in [0.05, 0.1) is 11.6 Å². The molecule has 6 N–H and O–H groups in total. The van der Waals surface area contributed by atoms with E-state index in [-0.39, 0.29) is 23.7 Å². The van der Waals surface area contributed by atoms with E-state index in [9.17, 15) is 9.59 Å². The summed E-state index contributed by atoms with van der Waals surface area (Å²) in [5.74, 6) is -0.112. The summed E-state index contributed by atoms with van der Waals surface area (Å²) in [6, 6.07) is 7.79. The van der Waals surface area contributed by atoms with Gasteiger partial charge in [-0.25, -0.2) is 4.98 Å². The molecular weight excluding hydrogens is 414 g/mol. The Bertz CT molecular complexity index is 942. The summed E-state index contributed by atoms with van der Waals surface area (Å²) < 4.78 is 0. The van der Waals surface area contributed by atoms with Crippen molar-refractivity contribution in [2.75, 3.05) is 30.8 Å². The zero-order chi connectivity index (χ0) is 22.4. The lowest BCUT2D eigenvalue weighted by Gasteiger charge is -2.15. The molecule has 1 saturated heterocycles. The van der Waals surface area contributed by atoms with Gasteiger partial charge in [0.1, 0.15) is 0 Å². The van der Waals surface area contributed by atoms with Crippen LogP contribution in [0.3, 0.4) is 0 Å². The zero-order valence-corrected chi connectivity index (χ0v) is 18.6. The fourth-order valence-corrected chi connectivity index (χ4v) is 4.77. The number of hydrogen-bond donors (Lipinski definition) is 5.